The molecular weight excluding hydrogens is 555 g/mol. The topological polar surface area (TPSA) is 78.9 Å². The van der Waals surface area contributed by atoms with Crippen molar-refractivity contribution in [2.24, 2.45) is 0 Å². The van der Waals surface area contributed by atoms with E-state index in [2.05, 4.69) is 19.6 Å². The zero-order chi connectivity index (χ0) is 30.1. The molecule has 0 saturated carbocycles. The maximum atomic E-state index is 12.3. The molecule has 0 rings (SSSR count). The van der Waals surface area contributed by atoms with Gasteiger partial charge in [0.1, 0.15) is 13.2 Å². The molecule has 6 nitrogen and oxygen atoms in total. The molecule has 0 N–H and O–H groups in total. The number of carbonyl (C=O) groups is 2. The summed E-state index contributed by atoms with van der Waals surface area (Å²) < 4.78 is 26.3. The van der Waals surface area contributed by atoms with E-state index < -0.39 is 14.8 Å². The van der Waals surface area contributed by atoms with Gasteiger partial charge in [0.05, 0.1) is 0 Å². The van der Waals surface area contributed by atoms with E-state index in [0.29, 0.717) is 12.8 Å². The highest BCUT2D eigenvalue weighted by Gasteiger charge is 2.17. The first-order valence-electron chi connectivity index (χ1n) is 17.0. The normalized spacial score (nSPS) is 12.0. The minimum atomic E-state index is -0.729. The van der Waals surface area contributed by atoms with Crippen LogP contribution < -0.4 is 0 Å². The van der Waals surface area contributed by atoms with Crippen LogP contribution in [0, 0.1) is 0 Å². The molecule has 8 heteroatoms. The number of esters is 2. The summed E-state index contributed by atoms with van der Waals surface area (Å²) in [6.07, 6.45) is 29.5. The van der Waals surface area contributed by atoms with E-state index in [9.17, 15) is 14.2 Å². The van der Waals surface area contributed by atoms with Gasteiger partial charge in [0.25, 0.3) is 0 Å². The van der Waals surface area contributed by atoms with E-state index >= 15 is 0 Å². The second-order valence-electron chi connectivity index (χ2n) is 11.5. The molecule has 0 amide bonds. The molecule has 0 unspecified atom stereocenters. The second kappa shape index (κ2) is 33.8. The monoisotopic (exact) mass is 618 g/mol. The Bertz CT molecular complexity index is 592. The van der Waals surface area contributed by atoms with Crippen molar-refractivity contribution in [2.75, 3.05) is 19.0 Å². The molecule has 0 radical (unpaired) electrons. The van der Waals surface area contributed by atoms with E-state index in [4.69, 9.17) is 14.0 Å². The van der Waals surface area contributed by atoms with Crippen LogP contribution in [0.3, 0.4) is 0 Å². The van der Waals surface area contributed by atoms with Crippen LogP contribution in [0.15, 0.2) is 0 Å². The van der Waals surface area contributed by atoms with E-state index in [1.807, 2.05) is 0 Å². The largest absolute Gasteiger partial charge is 0.462 e. The fourth-order valence-electron chi connectivity index (χ4n) is 4.99. The highest BCUT2D eigenvalue weighted by atomic mass is 32.1. The summed E-state index contributed by atoms with van der Waals surface area (Å²) in [4.78, 5) is 24.4. The summed E-state index contributed by atoms with van der Waals surface area (Å²) in [5.74, 6) is 0.387. The maximum absolute atomic E-state index is 12.3. The molecule has 242 valence electrons. The van der Waals surface area contributed by atoms with Crippen LogP contribution in [0.2, 0.25) is 0 Å². The number of thiol groups is 1. The molecule has 0 aromatic carbocycles. The standard InChI is InChI=1S/C33H63O6PS/c1-2-3-4-5-6-7-8-9-11-15-18-21-24-27-33(35)39-31(30-38-40-36)29-37-32(34)26-23-20-17-14-12-10-13-16-19-22-25-28-41/h31,41H,2-30H2,1H3/t31-/m1/s1. The molecule has 0 heterocycles. The van der Waals surface area contributed by atoms with Gasteiger partial charge in [0.2, 0.25) is 0 Å². The Labute approximate surface area is 259 Å². The number of carbonyl (C=O) groups excluding carboxylic acids is 2. The highest BCUT2D eigenvalue weighted by molar-refractivity contribution is 7.80. The highest BCUT2D eigenvalue weighted by Crippen LogP contribution is 2.15. The summed E-state index contributed by atoms with van der Waals surface area (Å²) in [6.45, 7) is 2.13. The van der Waals surface area contributed by atoms with Gasteiger partial charge in [-0.3, -0.25) is 14.1 Å². The number of hydrogen-bond acceptors (Lipinski definition) is 7. The van der Waals surface area contributed by atoms with Crippen molar-refractivity contribution in [3.05, 3.63) is 0 Å². The Kier molecular flexibility index (Phi) is 33.3. The van der Waals surface area contributed by atoms with Gasteiger partial charge in [-0.2, -0.15) is 12.6 Å². The Morgan fingerprint density at radius 3 is 1.37 bits per heavy atom. The molecule has 0 aliphatic carbocycles. The zero-order valence-corrected chi connectivity index (χ0v) is 28.2. The SMILES string of the molecule is CCCCCCCCCCCCCCCC(=O)O[C@@H](COP=O)COC(=O)CCCCCCCCCCCCCS. The van der Waals surface area contributed by atoms with Gasteiger partial charge in [-0.15, -0.1) is 0 Å². The Morgan fingerprint density at radius 2 is 0.951 bits per heavy atom. The van der Waals surface area contributed by atoms with Crippen molar-refractivity contribution in [2.45, 2.75) is 180 Å². The van der Waals surface area contributed by atoms with Gasteiger partial charge in [-0.1, -0.05) is 142 Å². The van der Waals surface area contributed by atoms with Gasteiger partial charge in [0.15, 0.2) is 6.10 Å². The molecule has 0 aliphatic heterocycles. The van der Waals surface area contributed by atoms with E-state index in [0.717, 1.165) is 44.3 Å². The van der Waals surface area contributed by atoms with Gasteiger partial charge >= 0.3 is 20.6 Å². The molecule has 0 saturated heterocycles. The third-order valence-corrected chi connectivity index (χ3v) is 8.14. The van der Waals surface area contributed by atoms with Crippen molar-refractivity contribution in [3.8, 4) is 0 Å². The fourth-order valence-corrected chi connectivity index (χ4v) is 5.44. The van der Waals surface area contributed by atoms with Crippen molar-refractivity contribution in [1.82, 2.24) is 0 Å². The van der Waals surface area contributed by atoms with Gasteiger partial charge in [0, 0.05) is 12.8 Å². The first-order chi connectivity index (χ1) is 20.1. The summed E-state index contributed by atoms with van der Waals surface area (Å²) in [5, 5.41) is 0. The molecule has 0 aromatic heterocycles. The summed E-state index contributed by atoms with van der Waals surface area (Å²) in [6, 6.07) is 0. The smallest absolute Gasteiger partial charge is 0.327 e. The van der Waals surface area contributed by atoms with Gasteiger partial charge < -0.3 is 9.47 Å². The fraction of sp³-hybridized carbons (Fsp3) is 0.939. The average Bonchev–Trinajstić information content (AvgIpc) is 2.97. The van der Waals surface area contributed by atoms with E-state index in [1.54, 1.807) is 0 Å². The molecule has 1 atom stereocenters. The summed E-state index contributed by atoms with van der Waals surface area (Å²) in [7, 11) is -0.483. The third-order valence-electron chi connectivity index (χ3n) is 7.56. The van der Waals surface area contributed by atoms with Gasteiger partial charge in [-0.05, 0) is 25.0 Å². The van der Waals surface area contributed by atoms with E-state index in [-0.39, 0.29) is 25.2 Å². The van der Waals surface area contributed by atoms with Crippen molar-refractivity contribution >= 4 is 33.3 Å². The first-order valence-corrected chi connectivity index (χ1v) is 18.4. The number of hydrogen-bond donors (Lipinski definition) is 1. The molecule has 0 aliphatic rings. The second-order valence-corrected chi connectivity index (χ2v) is 12.4. The minimum absolute atomic E-state index is 0.0577. The molecule has 0 bridgehead atoms. The number of ether oxygens (including phenoxy) is 2. The van der Waals surface area contributed by atoms with Crippen LogP contribution in [-0.2, 0) is 28.2 Å². The predicted molar refractivity (Wildman–Crippen MR) is 174 cm³/mol. The van der Waals surface area contributed by atoms with Crippen LogP contribution in [0.25, 0.3) is 0 Å². The van der Waals surface area contributed by atoms with Crippen molar-refractivity contribution in [3.63, 3.8) is 0 Å². The summed E-state index contributed by atoms with van der Waals surface area (Å²) in [5.41, 5.74) is 0. The Morgan fingerprint density at radius 1 is 0.561 bits per heavy atom. The molecule has 0 aromatic rings. The van der Waals surface area contributed by atoms with Crippen molar-refractivity contribution < 1.29 is 28.2 Å². The number of rotatable bonds is 33. The quantitative estimate of drug-likeness (QED) is 0.0341. The van der Waals surface area contributed by atoms with Gasteiger partial charge in [-0.25, -0.2) is 4.57 Å². The Balaban J connectivity index is 3.75. The molecular formula is C33H63O6PS. The maximum Gasteiger partial charge on any atom is 0.327 e. The lowest BCUT2D eigenvalue weighted by Gasteiger charge is -2.16. The van der Waals surface area contributed by atoms with Crippen LogP contribution in [-0.4, -0.2) is 37.0 Å². The first kappa shape index (κ1) is 40.4. The average molecular weight is 619 g/mol. The molecule has 41 heavy (non-hydrogen) atoms. The zero-order valence-electron chi connectivity index (χ0n) is 26.4. The van der Waals surface area contributed by atoms with Crippen LogP contribution in [0.4, 0.5) is 0 Å². The van der Waals surface area contributed by atoms with Crippen LogP contribution in [0.5, 0.6) is 0 Å². The lowest BCUT2D eigenvalue weighted by molar-refractivity contribution is -0.160. The van der Waals surface area contributed by atoms with Crippen LogP contribution in [0.1, 0.15) is 174 Å². The van der Waals surface area contributed by atoms with Crippen LogP contribution >= 0.6 is 21.3 Å². The lowest BCUT2D eigenvalue weighted by Crippen LogP contribution is -2.28. The minimum Gasteiger partial charge on any atom is -0.462 e. The van der Waals surface area contributed by atoms with E-state index in [1.165, 1.54) is 116 Å². The lowest BCUT2D eigenvalue weighted by atomic mass is 10.0. The molecule has 0 spiro atoms. The van der Waals surface area contributed by atoms with Crippen molar-refractivity contribution in [1.29, 1.82) is 0 Å². The number of unbranched alkanes of at least 4 members (excludes halogenated alkanes) is 22. The predicted octanol–water partition coefficient (Wildman–Crippen LogP) is 10.8. The summed E-state index contributed by atoms with van der Waals surface area (Å²) >= 11 is 4.25. The Hall–Kier alpha value is -0.650. The third kappa shape index (κ3) is 32.1. The molecule has 0 fully saturated rings.